The van der Waals surface area contributed by atoms with E-state index in [1.807, 2.05) is 32.0 Å². The summed E-state index contributed by atoms with van der Waals surface area (Å²) in [6.45, 7) is 4.73. The monoisotopic (exact) mass is 275 g/mol. The smallest absolute Gasteiger partial charge is 0.223 e. The molecule has 0 amide bonds. The molecule has 2 aromatic rings. The highest BCUT2D eigenvalue weighted by Crippen LogP contribution is 2.31. The summed E-state index contributed by atoms with van der Waals surface area (Å²) in [7, 11) is 1.56. The Labute approximate surface area is 118 Å². The molecule has 1 N–H and O–H groups in total. The molecule has 20 heavy (non-hydrogen) atoms. The van der Waals surface area contributed by atoms with Gasteiger partial charge in [-0.3, -0.25) is 0 Å². The van der Waals surface area contributed by atoms with Crippen LogP contribution in [0.4, 0.5) is 10.3 Å². The molecule has 1 aromatic carbocycles. The van der Waals surface area contributed by atoms with E-state index in [0.29, 0.717) is 17.3 Å². The lowest BCUT2D eigenvalue weighted by Crippen LogP contribution is -2.06. The van der Waals surface area contributed by atoms with Gasteiger partial charge in [-0.1, -0.05) is 18.6 Å². The van der Waals surface area contributed by atoms with Crippen molar-refractivity contribution in [3.05, 3.63) is 35.8 Å². The highest BCUT2D eigenvalue weighted by Gasteiger charge is 2.14. The van der Waals surface area contributed by atoms with Crippen molar-refractivity contribution in [3.63, 3.8) is 0 Å². The summed E-state index contributed by atoms with van der Waals surface area (Å²) in [5.74, 6) is 0.553. The van der Waals surface area contributed by atoms with Gasteiger partial charge in [0.25, 0.3) is 0 Å². The number of nitrogens with zero attached hydrogens (tertiary/aromatic N) is 2. The van der Waals surface area contributed by atoms with Gasteiger partial charge in [-0.15, -0.1) is 0 Å². The molecule has 0 bridgehead atoms. The number of benzene rings is 1. The zero-order valence-corrected chi connectivity index (χ0v) is 11.9. The summed E-state index contributed by atoms with van der Waals surface area (Å²) in [4.78, 5) is 8.19. The molecule has 0 unspecified atom stereocenters. The van der Waals surface area contributed by atoms with Crippen LogP contribution < -0.4 is 10.1 Å². The lowest BCUT2D eigenvalue weighted by molar-refractivity contribution is 0.416. The Bertz CT molecular complexity index is 602. The van der Waals surface area contributed by atoms with Crippen molar-refractivity contribution in [2.45, 2.75) is 20.3 Å². The summed E-state index contributed by atoms with van der Waals surface area (Å²) in [5.41, 5.74) is 1.90. The van der Waals surface area contributed by atoms with Crippen LogP contribution >= 0.6 is 0 Å². The average molecular weight is 275 g/mol. The zero-order valence-electron chi connectivity index (χ0n) is 11.9. The van der Waals surface area contributed by atoms with Gasteiger partial charge in [-0.2, -0.15) is 0 Å². The molecule has 2 rings (SSSR count). The third-order valence-electron chi connectivity index (χ3n) is 2.89. The van der Waals surface area contributed by atoms with Gasteiger partial charge in [0.1, 0.15) is 11.4 Å². The minimum Gasteiger partial charge on any atom is -0.496 e. The maximum atomic E-state index is 14.0. The zero-order chi connectivity index (χ0) is 14.5. The van der Waals surface area contributed by atoms with Crippen LogP contribution in [0.2, 0.25) is 0 Å². The van der Waals surface area contributed by atoms with Crippen molar-refractivity contribution in [3.8, 4) is 17.0 Å². The Balaban J connectivity index is 2.48. The number of hydrogen-bond donors (Lipinski definition) is 1. The van der Waals surface area contributed by atoms with Crippen LogP contribution in [0.5, 0.6) is 5.75 Å². The van der Waals surface area contributed by atoms with Crippen LogP contribution in [-0.4, -0.2) is 23.6 Å². The van der Waals surface area contributed by atoms with E-state index in [1.54, 1.807) is 7.11 Å². The molecule has 0 aliphatic carbocycles. The molecule has 0 saturated carbocycles. The standard InChI is InChI=1S/C15H18FN3O/c1-4-7-17-15-18-9-12(16)14(19-15)11-8-10(2)5-6-13(11)20-3/h5-6,8-9H,4,7H2,1-3H3,(H,17,18,19). The van der Waals surface area contributed by atoms with E-state index in [1.165, 1.54) is 6.20 Å². The molecule has 5 heteroatoms. The van der Waals surface area contributed by atoms with E-state index in [0.717, 1.165) is 18.5 Å². The number of aryl methyl sites for hydroxylation is 1. The minimum atomic E-state index is -0.462. The maximum Gasteiger partial charge on any atom is 0.223 e. The summed E-state index contributed by atoms with van der Waals surface area (Å²) in [6.07, 6.45) is 2.13. The molecule has 0 saturated heterocycles. The molecule has 0 spiro atoms. The lowest BCUT2D eigenvalue weighted by atomic mass is 10.1. The van der Waals surface area contributed by atoms with E-state index in [9.17, 15) is 4.39 Å². The number of nitrogens with one attached hydrogen (secondary N) is 1. The largest absolute Gasteiger partial charge is 0.496 e. The Morgan fingerprint density at radius 2 is 2.15 bits per heavy atom. The highest BCUT2D eigenvalue weighted by atomic mass is 19.1. The highest BCUT2D eigenvalue weighted by molar-refractivity contribution is 5.69. The third-order valence-corrected chi connectivity index (χ3v) is 2.89. The fraction of sp³-hybridized carbons (Fsp3) is 0.333. The second-order valence-electron chi connectivity index (χ2n) is 4.52. The molecule has 0 aliphatic heterocycles. The van der Waals surface area contributed by atoms with Gasteiger partial charge in [0.2, 0.25) is 5.95 Å². The molecule has 4 nitrogen and oxygen atoms in total. The fourth-order valence-electron chi connectivity index (χ4n) is 1.88. The van der Waals surface area contributed by atoms with Crippen LogP contribution in [0.15, 0.2) is 24.4 Å². The van der Waals surface area contributed by atoms with Crippen molar-refractivity contribution in [1.29, 1.82) is 0 Å². The van der Waals surface area contributed by atoms with Crippen LogP contribution in [0.3, 0.4) is 0 Å². The molecular formula is C15H18FN3O. The van der Waals surface area contributed by atoms with Crippen LogP contribution in [0, 0.1) is 12.7 Å². The number of ether oxygens (including phenoxy) is 1. The lowest BCUT2D eigenvalue weighted by Gasteiger charge is -2.11. The van der Waals surface area contributed by atoms with E-state index >= 15 is 0 Å². The van der Waals surface area contributed by atoms with Gasteiger partial charge >= 0.3 is 0 Å². The Kier molecular flexibility index (Phi) is 4.50. The summed E-state index contributed by atoms with van der Waals surface area (Å²) < 4.78 is 19.3. The van der Waals surface area contributed by atoms with E-state index in [4.69, 9.17) is 4.74 Å². The second-order valence-corrected chi connectivity index (χ2v) is 4.52. The predicted octanol–water partition coefficient (Wildman–Crippen LogP) is 3.42. The maximum absolute atomic E-state index is 14.0. The molecule has 0 aliphatic rings. The van der Waals surface area contributed by atoms with Gasteiger partial charge in [-0.05, 0) is 25.5 Å². The van der Waals surface area contributed by atoms with Crippen molar-refractivity contribution in [2.75, 3.05) is 19.0 Å². The number of aromatic nitrogens is 2. The Morgan fingerprint density at radius 1 is 1.35 bits per heavy atom. The van der Waals surface area contributed by atoms with Crippen LogP contribution in [0.1, 0.15) is 18.9 Å². The molecular weight excluding hydrogens is 257 g/mol. The molecule has 0 radical (unpaired) electrons. The molecule has 0 fully saturated rings. The molecule has 1 aromatic heterocycles. The number of halogens is 1. The summed E-state index contributed by atoms with van der Waals surface area (Å²) in [6, 6.07) is 5.58. The summed E-state index contributed by atoms with van der Waals surface area (Å²) >= 11 is 0. The normalized spacial score (nSPS) is 10.4. The van der Waals surface area contributed by atoms with E-state index < -0.39 is 5.82 Å². The first kappa shape index (κ1) is 14.2. The summed E-state index contributed by atoms with van der Waals surface area (Å²) in [5, 5.41) is 3.05. The molecule has 0 atom stereocenters. The van der Waals surface area contributed by atoms with E-state index in [-0.39, 0.29) is 5.69 Å². The molecule has 1 heterocycles. The predicted molar refractivity (Wildman–Crippen MR) is 77.5 cm³/mol. The minimum absolute atomic E-state index is 0.249. The van der Waals surface area contributed by atoms with Crippen LogP contribution in [0.25, 0.3) is 11.3 Å². The second kappa shape index (κ2) is 6.32. The van der Waals surface area contributed by atoms with Crippen molar-refractivity contribution >= 4 is 5.95 Å². The van der Waals surface area contributed by atoms with Gasteiger partial charge in [0, 0.05) is 12.1 Å². The number of rotatable bonds is 5. The van der Waals surface area contributed by atoms with E-state index in [2.05, 4.69) is 15.3 Å². The quantitative estimate of drug-likeness (QED) is 0.908. The Morgan fingerprint density at radius 3 is 2.85 bits per heavy atom. The first-order valence-electron chi connectivity index (χ1n) is 6.57. The van der Waals surface area contributed by atoms with Gasteiger partial charge < -0.3 is 10.1 Å². The van der Waals surface area contributed by atoms with Crippen molar-refractivity contribution in [1.82, 2.24) is 9.97 Å². The first-order valence-corrected chi connectivity index (χ1v) is 6.57. The SMILES string of the molecule is CCCNc1ncc(F)c(-c2cc(C)ccc2OC)n1. The first-order chi connectivity index (χ1) is 9.65. The number of anilines is 1. The fourth-order valence-corrected chi connectivity index (χ4v) is 1.88. The topological polar surface area (TPSA) is 47.0 Å². The van der Waals surface area contributed by atoms with Crippen molar-refractivity contribution < 1.29 is 9.13 Å². The number of hydrogen-bond acceptors (Lipinski definition) is 4. The molecule has 106 valence electrons. The Hall–Kier alpha value is -2.17. The average Bonchev–Trinajstić information content (AvgIpc) is 2.46. The van der Waals surface area contributed by atoms with Gasteiger partial charge in [-0.25, -0.2) is 14.4 Å². The van der Waals surface area contributed by atoms with Gasteiger partial charge in [0.05, 0.1) is 13.3 Å². The number of methoxy groups -OCH3 is 1. The van der Waals surface area contributed by atoms with Crippen molar-refractivity contribution in [2.24, 2.45) is 0 Å². The van der Waals surface area contributed by atoms with Crippen LogP contribution in [-0.2, 0) is 0 Å². The third kappa shape index (κ3) is 3.04. The van der Waals surface area contributed by atoms with Gasteiger partial charge in [0.15, 0.2) is 5.82 Å².